The first kappa shape index (κ1) is 13.6. The van der Waals surface area contributed by atoms with Gasteiger partial charge in [-0.2, -0.15) is 5.26 Å². The van der Waals surface area contributed by atoms with E-state index >= 15 is 0 Å². The van der Waals surface area contributed by atoms with E-state index in [1.807, 2.05) is 41.8 Å². The highest BCUT2D eigenvalue weighted by Gasteiger charge is 2.12. The highest BCUT2D eigenvalue weighted by molar-refractivity contribution is 7.80. The van der Waals surface area contributed by atoms with Gasteiger partial charge in [0.1, 0.15) is 11.1 Å². The maximum Gasteiger partial charge on any atom is 0.259 e. The fraction of sp³-hybridized carbons (Fsp3) is 0. The molecule has 0 bridgehead atoms. The van der Waals surface area contributed by atoms with Crippen LogP contribution in [0.25, 0.3) is 21.8 Å². The molecule has 0 unspecified atom stereocenters. The summed E-state index contributed by atoms with van der Waals surface area (Å²) >= 11 is 5.45. The van der Waals surface area contributed by atoms with Gasteiger partial charge in [0.25, 0.3) is 5.56 Å². The minimum atomic E-state index is -0.298. The Morgan fingerprint density at radius 2 is 2.05 bits per heavy atom. The molecule has 0 saturated carbocycles. The standard InChI is InChI=1S/C15H9N3OS2/c16-7-10-6-11(13(19)18-14(10)20)15-17-12(8-21-15)9-4-2-1-3-5-9/h1-6,8H,(H2,18,19,20). The zero-order chi connectivity index (χ0) is 14.8. The summed E-state index contributed by atoms with van der Waals surface area (Å²) in [6, 6.07) is 13.2. The smallest absolute Gasteiger partial charge is 0.259 e. The second-order valence-electron chi connectivity index (χ2n) is 4.29. The third-order valence-electron chi connectivity index (χ3n) is 2.94. The van der Waals surface area contributed by atoms with Crippen molar-refractivity contribution in [3.8, 4) is 27.9 Å². The molecule has 6 heteroatoms. The van der Waals surface area contributed by atoms with Crippen LogP contribution >= 0.6 is 24.0 Å². The number of nitrogens with zero attached hydrogens (tertiary/aromatic N) is 2. The number of hydrogen-bond acceptors (Lipinski definition) is 5. The predicted molar refractivity (Wildman–Crippen MR) is 85.6 cm³/mol. The van der Waals surface area contributed by atoms with Crippen LogP contribution in [0, 0.1) is 11.3 Å². The molecule has 0 amide bonds. The van der Waals surface area contributed by atoms with Gasteiger partial charge in [-0.05, 0) is 6.07 Å². The van der Waals surface area contributed by atoms with Gasteiger partial charge in [0, 0.05) is 10.9 Å². The van der Waals surface area contributed by atoms with Crippen LogP contribution in [-0.4, -0.2) is 9.97 Å². The second-order valence-corrected chi connectivity index (χ2v) is 5.60. The number of aromatic amines is 1. The van der Waals surface area contributed by atoms with Gasteiger partial charge < -0.3 is 4.98 Å². The summed E-state index contributed by atoms with van der Waals surface area (Å²) in [6.07, 6.45) is 0. The molecule has 0 fully saturated rings. The van der Waals surface area contributed by atoms with E-state index in [0.29, 0.717) is 16.1 Å². The summed E-state index contributed by atoms with van der Waals surface area (Å²) in [5.41, 5.74) is 2.21. The molecule has 0 aliphatic heterocycles. The average molecular weight is 311 g/mol. The van der Waals surface area contributed by atoms with Crippen molar-refractivity contribution in [1.82, 2.24) is 9.97 Å². The topological polar surface area (TPSA) is 69.5 Å². The summed E-state index contributed by atoms with van der Waals surface area (Å²) in [5.74, 6) is 0. The predicted octanol–water partition coefficient (Wildman–Crippen LogP) is 3.33. The van der Waals surface area contributed by atoms with Gasteiger partial charge in [0.15, 0.2) is 0 Å². The lowest BCUT2D eigenvalue weighted by Gasteiger charge is -1.99. The van der Waals surface area contributed by atoms with Crippen LogP contribution in [-0.2, 0) is 0 Å². The van der Waals surface area contributed by atoms with E-state index in [9.17, 15) is 4.79 Å². The fourth-order valence-corrected chi connectivity index (χ4v) is 2.96. The van der Waals surface area contributed by atoms with Crippen molar-refractivity contribution in [2.75, 3.05) is 0 Å². The van der Waals surface area contributed by atoms with E-state index in [1.54, 1.807) is 0 Å². The number of nitriles is 1. The summed E-state index contributed by atoms with van der Waals surface area (Å²) in [4.78, 5) is 19.0. The van der Waals surface area contributed by atoms with Crippen LogP contribution in [0.4, 0.5) is 0 Å². The normalized spacial score (nSPS) is 10.3. The van der Waals surface area contributed by atoms with E-state index < -0.39 is 0 Å². The van der Waals surface area contributed by atoms with Gasteiger partial charge in [0.05, 0.1) is 21.8 Å². The molecule has 3 aromatic rings. The SMILES string of the molecule is N#Cc1cc(-c2nc(-c3ccccc3)cs2)c(=O)[nH]c1S. The second kappa shape index (κ2) is 5.56. The van der Waals surface area contributed by atoms with E-state index in [2.05, 4.69) is 22.6 Å². The van der Waals surface area contributed by atoms with Gasteiger partial charge in [-0.15, -0.1) is 24.0 Å². The highest BCUT2D eigenvalue weighted by atomic mass is 32.1. The molecule has 3 rings (SSSR count). The van der Waals surface area contributed by atoms with Crippen molar-refractivity contribution in [2.45, 2.75) is 5.03 Å². The van der Waals surface area contributed by atoms with Crippen molar-refractivity contribution in [3.63, 3.8) is 0 Å². The van der Waals surface area contributed by atoms with Crippen LogP contribution < -0.4 is 5.56 Å². The average Bonchev–Trinajstić information content (AvgIpc) is 2.98. The number of nitrogens with one attached hydrogen (secondary N) is 1. The minimum absolute atomic E-state index is 0.270. The minimum Gasteiger partial charge on any atom is -0.316 e. The molecule has 0 spiro atoms. The van der Waals surface area contributed by atoms with Gasteiger partial charge in [-0.1, -0.05) is 30.3 Å². The molecule has 1 aromatic carbocycles. The van der Waals surface area contributed by atoms with Crippen molar-refractivity contribution >= 4 is 24.0 Å². The summed E-state index contributed by atoms with van der Waals surface area (Å²) < 4.78 is 0. The van der Waals surface area contributed by atoms with Gasteiger partial charge in [-0.25, -0.2) is 4.98 Å². The van der Waals surface area contributed by atoms with E-state index in [1.165, 1.54) is 17.4 Å². The molecule has 0 aliphatic rings. The molecular weight excluding hydrogens is 302 g/mol. The maximum atomic E-state index is 12.0. The Labute approximate surface area is 130 Å². The molecule has 0 radical (unpaired) electrons. The number of H-pyrrole nitrogens is 1. The number of hydrogen-bond donors (Lipinski definition) is 2. The first-order valence-corrected chi connectivity index (χ1v) is 7.39. The molecule has 4 nitrogen and oxygen atoms in total. The Balaban J connectivity index is 2.09. The van der Waals surface area contributed by atoms with E-state index in [-0.39, 0.29) is 10.6 Å². The lowest BCUT2D eigenvalue weighted by atomic mass is 10.2. The monoisotopic (exact) mass is 311 g/mol. The molecular formula is C15H9N3OS2. The number of aromatic nitrogens is 2. The van der Waals surface area contributed by atoms with Crippen molar-refractivity contribution in [1.29, 1.82) is 5.26 Å². The summed E-state index contributed by atoms with van der Waals surface area (Å²) in [7, 11) is 0. The Kier molecular flexibility index (Phi) is 3.60. The molecule has 0 atom stereocenters. The quantitative estimate of drug-likeness (QED) is 0.713. The van der Waals surface area contributed by atoms with Gasteiger partial charge in [0.2, 0.25) is 0 Å². The van der Waals surface area contributed by atoms with Crippen molar-refractivity contribution in [2.24, 2.45) is 0 Å². The Morgan fingerprint density at radius 3 is 2.76 bits per heavy atom. The summed E-state index contributed by atoms with van der Waals surface area (Å²) in [5, 5.41) is 11.8. The maximum absolute atomic E-state index is 12.0. The third kappa shape index (κ3) is 2.61. The van der Waals surface area contributed by atoms with Crippen LogP contribution in [0.1, 0.15) is 5.56 Å². The molecule has 0 aliphatic carbocycles. The lowest BCUT2D eigenvalue weighted by Crippen LogP contribution is -2.10. The number of thiazole rings is 1. The van der Waals surface area contributed by atoms with E-state index in [4.69, 9.17) is 5.26 Å². The van der Waals surface area contributed by atoms with Crippen LogP contribution in [0.5, 0.6) is 0 Å². The molecule has 2 heterocycles. The highest BCUT2D eigenvalue weighted by Crippen LogP contribution is 2.27. The fourth-order valence-electron chi connectivity index (χ4n) is 1.90. The molecule has 102 valence electrons. The largest absolute Gasteiger partial charge is 0.316 e. The van der Waals surface area contributed by atoms with Crippen molar-refractivity contribution < 1.29 is 0 Å². The number of thiol groups is 1. The molecule has 21 heavy (non-hydrogen) atoms. The van der Waals surface area contributed by atoms with Crippen LogP contribution in [0.15, 0.2) is 51.6 Å². The lowest BCUT2D eigenvalue weighted by molar-refractivity contribution is 1.07. The van der Waals surface area contributed by atoms with Crippen LogP contribution in [0.3, 0.4) is 0 Å². The zero-order valence-electron chi connectivity index (χ0n) is 10.7. The van der Waals surface area contributed by atoms with Gasteiger partial charge in [-0.3, -0.25) is 4.79 Å². The van der Waals surface area contributed by atoms with Gasteiger partial charge >= 0.3 is 0 Å². The first-order valence-electron chi connectivity index (χ1n) is 6.07. The van der Waals surface area contributed by atoms with Crippen molar-refractivity contribution in [3.05, 3.63) is 57.7 Å². The number of benzene rings is 1. The molecule has 0 saturated heterocycles. The molecule has 1 N–H and O–H groups in total. The Morgan fingerprint density at radius 1 is 1.29 bits per heavy atom. The summed E-state index contributed by atoms with van der Waals surface area (Å²) in [6.45, 7) is 0. The Bertz CT molecular complexity index is 891. The van der Waals surface area contributed by atoms with Crippen LogP contribution in [0.2, 0.25) is 0 Å². The third-order valence-corrected chi connectivity index (χ3v) is 4.17. The molecule has 2 aromatic heterocycles. The van der Waals surface area contributed by atoms with E-state index in [0.717, 1.165) is 11.3 Å². The number of pyridine rings is 1. The zero-order valence-corrected chi connectivity index (χ0v) is 12.4. The number of rotatable bonds is 2. The first-order chi connectivity index (χ1) is 10.2. The Hall–Kier alpha value is -2.36.